The molecule has 0 saturated carbocycles. The number of rotatable bonds is 4. The van der Waals surface area contributed by atoms with Crippen molar-refractivity contribution in [2.24, 2.45) is 5.73 Å². The van der Waals surface area contributed by atoms with E-state index < -0.39 is 11.7 Å². The van der Waals surface area contributed by atoms with E-state index >= 15 is 0 Å². The van der Waals surface area contributed by atoms with Gasteiger partial charge >= 0.3 is 6.18 Å². The van der Waals surface area contributed by atoms with E-state index in [-0.39, 0.29) is 24.3 Å². The van der Waals surface area contributed by atoms with Crippen LogP contribution in [0.3, 0.4) is 0 Å². The highest BCUT2D eigenvalue weighted by Gasteiger charge is 2.30. The molecule has 0 atom stereocenters. The Balaban J connectivity index is 1.76. The quantitative estimate of drug-likeness (QED) is 0.884. The van der Waals surface area contributed by atoms with Crippen molar-refractivity contribution in [2.45, 2.75) is 25.1 Å². The van der Waals surface area contributed by atoms with Gasteiger partial charge in [-0.1, -0.05) is 0 Å². The van der Waals surface area contributed by atoms with Crippen LogP contribution >= 0.6 is 0 Å². The summed E-state index contributed by atoms with van der Waals surface area (Å²) in [4.78, 5) is 11.7. The number of hydrogen-bond acceptors (Lipinski definition) is 4. The van der Waals surface area contributed by atoms with E-state index in [1.807, 2.05) is 0 Å². The number of nitrogens with zero attached hydrogens (tertiary/aromatic N) is 1. The minimum Gasteiger partial charge on any atom is -0.484 e. The first-order chi connectivity index (χ1) is 10.3. The van der Waals surface area contributed by atoms with Gasteiger partial charge in [0.25, 0.3) is 5.91 Å². The molecule has 1 aromatic rings. The molecule has 1 aliphatic heterocycles. The van der Waals surface area contributed by atoms with Crippen LogP contribution in [0.5, 0.6) is 5.75 Å². The van der Waals surface area contributed by atoms with Gasteiger partial charge in [0.15, 0.2) is 6.61 Å². The van der Waals surface area contributed by atoms with E-state index in [4.69, 9.17) is 10.5 Å². The molecule has 1 amide bonds. The van der Waals surface area contributed by atoms with Crippen molar-refractivity contribution in [3.8, 4) is 5.75 Å². The van der Waals surface area contributed by atoms with Crippen molar-refractivity contribution in [1.29, 1.82) is 0 Å². The van der Waals surface area contributed by atoms with Gasteiger partial charge in [-0.3, -0.25) is 10.2 Å². The number of amides is 1. The average Bonchev–Trinajstić information content (AvgIpc) is 2.47. The third-order valence-electron chi connectivity index (χ3n) is 3.37. The van der Waals surface area contributed by atoms with Crippen molar-refractivity contribution in [2.75, 3.05) is 19.7 Å². The molecule has 0 aliphatic carbocycles. The lowest BCUT2D eigenvalue weighted by Crippen LogP contribution is -2.50. The Labute approximate surface area is 126 Å². The molecule has 22 heavy (non-hydrogen) atoms. The van der Waals surface area contributed by atoms with Crippen LogP contribution in [0.4, 0.5) is 13.2 Å². The molecule has 122 valence electrons. The molecule has 1 fully saturated rings. The van der Waals surface area contributed by atoms with E-state index in [0.717, 1.165) is 25.0 Å². The number of benzene rings is 1. The Kier molecular flexibility index (Phi) is 5.25. The van der Waals surface area contributed by atoms with Crippen LogP contribution < -0.4 is 15.9 Å². The Hall–Kier alpha value is -1.80. The second-order valence-corrected chi connectivity index (χ2v) is 5.17. The molecule has 3 N–H and O–H groups in total. The van der Waals surface area contributed by atoms with Crippen LogP contribution in [0.2, 0.25) is 0 Å². The molecule has 0 radical (unpaired) electrons. The second-order valence-electron chi connectivity index (χ2n) is 5.17. The van der Waals surface area contributed by atoms with Gasteiger partial charge in [0.2, 0.25) is 0 Å². The fourth-order valence-corrected chi connectivity index (χ4v) is 2.11. The molecule has 5 nitrogen and oxygen atoms in total. The number of alkyl halides is 3. The van der Waals surface area contributed by atoms with Crippen LogP contribution in [0.15, 0.2) is 24.3 Å². The number of nitrogens with two attached hydrogens (primary N) is 1. The predicted molar refractivity (Wildman–Crippen MR) is 73.9 cm³/mol. The normalized spacial score (nSPS) is 17.3. The van der Waals surface area contributed by atoms with Crippen LogP contribution in [-0.4, -0.2) is 36.7 Å². The van der Waals surface area contributed by atoms with Crippen LogP contribution in [-0.2, 0) is 11.0 Å². The molecular formula is C14H18F3N3O2. The minimum atomic E-state index is -4.38. The second kappa shape index (κ2) is 6.97. The largest absolute Gasteiger partial charge is 0.484 e. The van der Waals surface area contributed by atoms with Crippen molar-refractivity contribution in [1.82, 2.24) is 10.4 Å². The molecule has 1 aliphatic rings. The lowest BCUT2D eigenvalue weighted by Gasteiger charge is -2.30. The summed E-state index contributed by atoms with van der Waals surface area (Å²) >= 11 is 0. The summed E-state index contributed by atoms with van der Waals surface area (Å²) in [5.41, 5.74) is 7.68. The topological polar surface area (TPSA) is 67.6 Å². The van der Waals surface area contributed by atoms with Gasteiger partial charge in [0.1, 0.15) is 5.75 Å². The van der Waals surface area contributed by atoms with E-state index in [1.165, 1.54) is 12.1 Å². The summed E-state index contributed by atoms with van der Waals surface area (Å²) in [5, 5.41) is 1.77. The summed E-state index contributed by atoms with van der Waals surface area (Å²) in [6.45, 7) is 1.09. The summed E-state index contributed by atoms with van der Waals surface area (Å²) in [5.74, 6) is -0.140. The van der Waals surface area contributed by atoms with Gasteiger partial charge < -0.3 is 10.5 Å². The molecule has 0 spiro atoms. The van der Waals surface area contributed by atoms with Gasteiger partial charge in [-0.15, -0.1) is 0 Å². The molecule has 0 unspecified atom stereocenters. The smallest absolute Gasteiger partial charge is 0.416 e. The number of carbonyl (C=O) groups is 1. The zero-order chi connectivity index (χ0) is 16.2. The van der Waals surface area contributed by atoms with Crippen molar-refractivity contribution >= 4 is 5.91 Å². The highest BCUT2D eigenvalue weighted by molar-refractivity contribution is 5.77. The van der Waals surface area contributed by atoms with Gasteiger partial charge in [-0.2, -0.15) is 13.2 Å². The first-order valence-electron chi connectivity index (χ1n) is 6.94. The maximum Gasteiger partial charge on any atom is 0.416 e. The Morgan fingerprint density at radius 1 is 1.27 bits per heavy atom. The summed E-state index contributed by atoms with van der Waals surface area (Å²) in [6, 6.07) is 4.38. The monoisotopic (exact) mass is 317 g/mol. The molecular weight excluding hydrogens is 299 g/mol. The number of halogens is 3. The Bertz CT molecular complexity index is 497. The predicted octanol–water partition coefficient (Wildman–Crippen LogP) is 1.54. The molecule has 1 aromatic carbocycles. The average molecular weight is 317 g/mol. The van der Waals surface area contributed by atoms with Crippen LogP contribution in [0, 0.1) is 0 Å². The number of hydrogen-bond donors (Lipinski definition) is 2. The maximum atomic E-state index is 12.4. The Morgan fingerprint density at radius 2 is 1.86 bits per heavy atom. The van der Waals surface area contributed by atoms with Crippen molar-refractivity contribution in [3.05, 3.63) is 29.8 Å². The van der Waals surface area contributed by atoms with Gasteiger partial charge in [-0.05, 0) is 37.1 Å². The molecule has 1 heterocycles. The zero-order valence-corrected chi connectivity index (χ0v) is 11.9. The highest BCUT2D eigenvalue weighted by Crippen LogP contribution is 2.30. The molecule has 8 heteroatoms. The number of piperidine rings is 1. The fraction of sp³-hybridized carbons (Fsp3) is 0.500. The van der Waals surface area contributed by atoms with E-state index in [1.54, 1.807) is 5.01 Å². The van der Waals surface area contributed by atoms with E-state index in [9.17, 15) is 18.0 Å². The Morgan fingerprint density at radius 3 is 2.41 bits per heavy atom. The third-order valence-corrected chi connectivity index (χ3v) is 3.37. The van der Waals surface area contributed by atoms with Crippen molar-refractivity contribution < 1.29 is 22.7 Å². The molecule has 0 bridgehead atoms. The van der Waals surface area contributed by atoms with Crippen LogP contribution in [0.25, 0.3) is 0 Å². The van der Waals surface area contributed by atoms with Crippen LogP contribution in [0.1, 0.15) is 18.4 Å². The van der Waals surface area contributed by atoms with E-state index in [0.29, 0.717) is 13.1 Å². The lowest BCUT2D eigenvalue weighted by atomic mass is 10.1. The van der Waals surface area contributed by atoms with Gasteiger partial charge in [0.05, 0.1) is 5.56 Å². The van der Waals surface area contributed by atoms with E-state index in [2.05, 4.69) is 5.43 Å². The number of nitrogens with one attached hydrogen (secondary N) is 1. The first kappa shape index (κ1) is 16.6. The number of hydrazine groups is 1. The molecule has 1 saturated heterocycles. The summed E-state index contributed by atoms with van der Waals surface area (Å²) in [7, 11) is 0. The minimum absolute atomic E-state index is 0.163. The summed E-state index contributed by atoms with van der Waals surface area (Å²) < 4.78 is 42.4. The lowest BCUT2D eigenvalue weighted by molar-refractivity contribution is -0.137. The van der Waals surface area contributed by atoms with Crippen molar-refractivity contribution in [3.63, 3.8) is 0 Å². The third kappa shape index (κ3) is 4.88. The molecule has 2 rings (SSSR count). The fourth-order valence-electron chi connectivity index (χ4n) is 2.11. The zero-order valence-electron chi connectivity index (χ0n) is 11.9. The SMILES string of the molecule is NC1CCN(NC(=O)COc2ccc(C(F)(F)F)cc2)CC1. The highest BCUT2D eigenvalue weighted by atomic mass is 19.4. The first-order valence-corrected chi connectivity index (χ1v) is 6.94. The maximum absolute atomic E-state index is 12.4. The standard InChI is InChI=1S/C14H18F3N3O2/c15-14(16,17)10-1-3-12(4-2-10)22-9-13(21)19-20-7-5-11(18)6-8-20/h1-4,11H,5-9,18H2,(H,19,21). The van der Waals surface area contributed by atoms with Gasteiger partial charge in [0, 0.05) is 19.1 Å². The summed E-state index contributed by atoms with van der Waals surface area (Å²) in [6.07, 6.45) is -2.77. The molecule has 0 aromatic heterocycles. The number of ether oxygens (including phenoxy) is 1. The van der Waals surface area contributed by atoms with Gasteiger partial charge in [-0.25, -0.2) is 5.01 Å². The number of carbonyl (C=O) groups excluding carboxylic acids is 1.